The van der Waals surface area contributed by atoms with E-state index in [1.807, 2.05) is 0 Å². The molecular weight excluding hydrogens is 215 g/mol. The summed E-state index contributed by atoms with van der Waals surface area (Å²) in [6, 6.07) is -1.08. The number of carboxylic acid groups (broad SMARTS) is 1. The van der Waals surface area contributed by atoms with Crippen LogP contribution in [0, 0.1) is 5.63 Å². The molecule has 0 fully saturated rings. The SMILES string of the molecule is NCCCCC(C#P=O)=CC(N)C(=O)O. The van der Waals surface area contributed by atoms with Crippen molar-refractivity contribution in [2.75, 3.05) is 6.54 Å². The molecule has 0 radical (unpaired) electrons. The van der Waals surface area contributed by atoms with Crippen LogP contribution in [0.25, 0.3) is 0 Å². The van der Waals surface area contributed by atoms with Crippen LogP contribution in [0.4, 0.5) is 0 Å². The zero-order valence-electron chi connectivity index (χ0n) is 8.35. The molecule has 1 atom stereocenters. The topological polar surface area (TPSA) is 106 Å². The number of hydrogen-bond acceptors (Lipinski definition) is 4. The van der Waals surface area contributed by atoms with Crippen molar-refractivity contribution in [1.29, 1.82) is 0 Å². The molecule has 0 aromatic heterocycles. The number of unbranched alkanes of at least 4 members (excludes halogenated alkanes) is 1. The summed E-state index contributed by atoms with van der Waals surface area (Å²) < 4.78 is 10.3. The molecule has 6 heteroatoms. The molecule has 0 spiro atoms. The fourth-order valence-electron chi connectivity index (χ4n) is 0.983. The van der Waals surface area contributed by atoms with Gasteiger partial charge in [-0.1, -0.05) is 0 Å². The Hall–Kier alpha value is -0.860. The van der Waals surface area contributed by atoms with Crippen molar-refractivity contribution in [3.63, 3.8) is 0 Å². The van der Waals surface area contributed by atoms with Crippen LogP contribution < -0.4 is 11.5 Å². The quantitative estimate of drug-likeness (QED) is 0.460. The van der Waals surface area contributed by atoms with Crippen molar-refractivity contribution >= 4 is 13.9 Å². The third-order valence-corrected chi connectivity index (χ3v) is 2.13. The van der Waals surface area contributed by atoms with E-state index in [-0.39, 0.29) is 7.92 Å². The van der Waals surface area contributed by atoms with Crippen LogP contribution in [0.3, 0.4) is 0 Å². The summed E-state index contributed by atoms with van der Waals surface area (Å²) in [6.45, 7) is 0.577. The van der Waals surface area contributed by atoms with E-state index >= 15 is 0 Å². The molecule has 0 heterocycles. The molecule has 0 amide bonds. The number of carbonyl (C=O) groups is 1. The van der Waals surface area contributed by atoms with Crippen molar-refractivity contribution in [1.82, 2.24) is 0 Å². The van der Waals surface area contributed by atoms with Crippen molar-refractivity contribution in [3.05, 3.63) is 11.6 Å². The maximum absolute atomic E-state index is 10.5. The van der Waals surface area contributed by atoms with Gasteiger partial charge in [0.25, 0.3) is 0 Å². The molecule has 0 aromatic carbocycles. The molecule has 0 aliphatic rings. The van der Waals surface area contributed by atoms with Gasteiger partial charge in [0.1, 0.15) is 0 Å². The van der Waals surface area contributed by atoms with Crippen LogP contribution in [-0.2, 0) is 9.36 Å². The number of carboxylic acids is 1. The molecule has 5 N–H and O–H groups in total. The van der Waals surface area contributed by atoms with Gasteiger partial charge in [0.15, 0.2) is 0 Å². The van der Waals surface area contributed by atoms with E-state index in [0.717, 1.165) is 12.8 Å². The normalized spacial score (nSPS) is 13.1. The Morgan fingerprint density at radius 3 is 2.67 bits per heavy atom. The van der Waals surface area contributed by atoms with Crippen LogP contribution in [0.5, 0.6) is 0 Å². The van der Waals surface area contributed by atoms with Crippen LogP contribution in [-0.4, -0.2) is 23.7 Å². The zero-order chi connectivity index (χ0) is 11.7. The molecule has 0 aromatic rings. The minimum absolute atomic E-state index is 0.266. The Bertz CT molecular complexity index is 334. The molecular formula is C9H15N2O3P. The summed E-state index contributed by atoms with van der Waals surface area (Å²) in [5.74, 6) is -1.12. The molecule has 84 valence electrons. The van der Waals surface area contributed by atoms with Gasteiger partial charge >= 0.3 is 88.9 Å². The zero-order valence-corrected chi connectivity index (χ0v) is 9.24. The van der Waals surface area contributed by atoms with E-state index in [2.05, 4.69) is 5.63 Å². The summed E-state index contributed by atoms with van der Waals surface area (Å²) in [4.78, 5) is 10.5. The molecule has 1 unspecified atom stereocenters. The average Bonchev–Trinajstić information content (AvgIpc) is 2.18. The number of rotatable bonds is 6. The van der Waals surface area contributed by atoms with Gasteiger partial charge in [0.05, 0.1) is 0 Å². The first-order valence-electron chi connectivity index (χ1n) is 4.59. The van der Waals surface area contributed by atoms with Gasteiger partial charge in [-0.2, -0.15) is 0 Å². The molecule has 0 rings (SSSR count). The van der Waals surface area contributed by atoms with Gasteiger partial charge in [-0.15, -0.1) is 0 Å². The third-order valence-electron chi connectivity index (χ3n) is 1.76. The second-order valence-corrected chi connectivity index (χ2v) is 3.41. The summed E-state index contributed by atoms with van der Waals surface area (Å²) in [6.07, 6.45) is 3.57. The van der Waals surface area contributed by atoms with E-state index < -0.39 is 12.0 Å². The van der Waals surface area contributed by atoms with Crippen LogP contribution in [0.1, 0.15) is 19.3 Å². The van der Waals surface area contributed by atoms with Gasteiger partial charge < -0.3 is 0 Å². The predicted molar refractivity (Wildman–Crippen MR) is 58.1 cm³/mol. The number of aliphatic carboxylic acids is 1. The van der Waals surface area contributed by atoms with Gasteiger partial charge in [-0.3, -0.25) is 0 Å². The number of nitrogens with two attached hydrogens (primary N) is 2. The first kappa shape index (κ1) is 14.1. The summed E-state index contributed by atoms with van der Waals surface area (Å²) in [7, 11) is -0.266. The van der Waals surface area contributed by atoms with Crippen LogP contribution in [0.2, 0.25) is 0 Å². The van der Waals surface area contributed by atoms with E-state index in [1.54, 1.807) is 0 Å². The summed E-state index contributed by atoms with van der Waals surface area (Å²) in [5.41, 5.74) is 13.7. The molecule has 0 aliphatic heterocycles. The fraction of sp³-hybridized carbons (Fsp3) is 0.556. The van der Waals surface area contributed by atoms with Crippen molar-refractivity contribution in [2.24, 2.45) is 11.5 Å². The van der Waals surface area contributed by atoms with Crippen molar-refractivity contribution in [3.8, 4) is 5.63 Å². The van der Waals surface area contributed by atoms with Crippen LogP contribution in [0.15, 0.2) is 11.6 Å². The standard InChI is InChI=1S/C9H15N2O3P/c10-4-2-1-3-7(6-15-14)5-8(11)9(12)13/h5,8H,1-4,10-11H2,(H,12,13). The number of hydrogen-bond donors (Lipinski definition) is 3. The molecule has 0 saturated carbocycles. The van der Waals surface area contributed by atoms with Gasteiger partial charge in [-0.25, -0.2) is 0 Å². The third kappa shape index (κ3) is 7.11. The van der Waals surface area contributed by atoms with Gasteiger partial charge in [-0.05, 0) is 0 Å². The Balaban J connectivity index is 4.42. The van der Waals surface area contributed by atoms with Crippen molar-refractivity contribution < 1.29 is 14.5 Å². The maximum atomic E-state index is 10.5. The Morgan fingerprint density at radius 1 is 1.53 bits per heavy atom. The molecule has 0 aliphatic carbocycles. The summed E-state index contributed by atoms with van der Waals surface area (Å²) >= 11 is 0. The Labute approximate surface area is 89.6 Å². The summed E-state index contributed by atoms with van der Waals surface area (Å²) in [5, 5.41) is 8.57. The average molecular weight is 230 g/mol. The molecule has 15 heavy (non-hydrogen) atoms. The van der Waals surface area contributed by atoms with Gasteiger partial charge in [0.2, 0.25) is 0 Å². The first-order chi connectivity index (χ1) is 7.11. The second kappa shape index (κ2) is 8.45. The first-order valence-corrected chi connectivity index (χ1v) is 5.40. The Kier molecular flexibility index (Phi) is 7.96. The second-order valence-electron chi connectivity index (χ2n) is 3.00. The van der Waals surface area contributed by atoms with Gasteiger partial charge in [0, 0.05) is 0 Å². The predicted octanol–water partition coefficient (Wildman–Crippen LogP) is 0.705. The van der Waals surface area contributed by atoms with E-state index in [0.29, 0.717) is 18.5 Å². The Morgan fingerprint density at radius 2 is 2.20 bits per heavy atom. The van der Waals surface area contributed by atoms with E-state index in [4.69, 9.17) is 16.6 Å². The molecule has 0 saturated heterocycles. The minimum atomic E-state index is -1.12. The monoisotopic (exact) mass is 230 g/mol. The van der Waals surface area contributed by atoms with Crippen LogP contribution >= 0.6 is 7.92 Å². The van der Waals surface area contributed by atoms with E-state index in [9.17, 15) is 9.36 Å². The fourth-order valence-corrected chi connectivity index (χ4v) is 1.29. The molecule has 5 nitrogen and oxygen atoms in total. The van der Waals surface area contributed by atoms with E-state index in [1.165, 1.54) is 6.08 Å². The molecule has 0 bridgehead atoms. The van der Waals surface area contributed by atoms with Crippen molar-refractivity contribution in [2.45, 2.75) is 25.3 Å². The number of allylic oxidation sites excluding steroid dienone is 1.